The van der Waals surface area contributed by atoms with Gasteiger partial charge in [0.25, 0.3) is 0 Å². The van der Waals surface area contributed by atoms with Gasteiger partial charge in [-0.25, -0.2) is 4.39 Å². The lowest BCUT2D eigenvalue weighted by atomic mass is 10.1. The number of benzene rings is 1. The van der Waals surface area contributed by atoms with E-state index < -0.39 is 0 Å². The Hall–Kier alpha value is -1.64. The Bertz CT molecular complexity index is 434. The normalized spacial score (nSPS) is 10.4. The summed E-state index contributed by atoms with van der Waals surface area (Å²) in [4.78, 5) is 0. The van der Waals surface area contributed by atoms with E-state index in [0.717, 1.165) is 23.2 Å². The fourth-order valence-corrected chi connectivity index (χ4v) is 1.49. The molecule has 14 heavy (non-hydrogen) atoms. The Balaban J connectivity index is 2.49. The molecule has 3 heteroatoms. The molecule has 0 aliphatic carbocycles. The molecule has 0 bridgehead atoms. The minimum atomic E-state index is -0.217. The van der Waals surface area contributed by atoms with E-state index in [4.69, 9.17) is 0 Å². The van der Waals surface area contributed by atoms with Gasteiger partial charge in [0.2, 0.25) is 0 Å². The average molecular weight is 190 g/mol. The summed E-state index contributed by atoms with van der Waals surface area (Å²) in [6.07, 6.45) is 2.60. The lowest BCUT2D eigenvalue weighted by Gasteiger charge is -2.00. The van der Waals surface area contributed by atoms with E-state index in [1.165, 1.54) is 12.1 Å². The summed E-state index contributed by atoms with van der Waals surface area (Å²) in [7, 11) is 0. The molecule has 1 aromatic carbocycles. The number of rotatable bonds is 2. The summed E-state index contributed by atoms with van der Waals surface area (Å²) in [6, 6.07) is 6.55. The van der Waals surface area contributed by atoms with Crippen molar-refractivity contribution in [1.82, 2.24) is 10.2 Å². The van der Waals surface area contributed by atoms with Crippen LogP contribution in [-0.2, 0) is 6.42 Å². The number of hydrogen-bond donors (Lipinski definition) is 1. The Morgan fingerprint density at radius 3 is 3.00 bits per heavy atom. The lowest BCUT2D eigenvalue weighted by molar-refractivity contribution is 0.628. The first kappa shape index (κ1) is 8.94. The van der Waals surface area contributed by atoms with Gasteiger partial charge in [0.05, 0.1) is 6.20 Å². The first-order valence-electron chi connectivity index (χ1n) is 4.59. The van der Waals surface area contributed by atoms with Crippen molar-refractivity contribution in [3.05, 3.63) is 42.0 Å². The topological polar surface area (TPSA) is 28.7 Å². The van der Waals surface area contributed by atoms with Crippen LogP contribution in [0, 0.1) is 5.82 Å². The highest BCUT2D eigenvalue weighted by Crippen LogP contribution is 2.22. The zero-order valence-electron chi connectivity index (χ0n) is 7.92. The van der Waals surface area contributed by atoms with Crippen LogP contribution in [0.25, 0.3) is 11.1 Å². The number of nitrogens with one attached hydrogen (secondary N) is 1. The highest BCUT2D eigenvalue weighted by Gasteiger charge is 2.05. The standard InChI is InChI=1S/C11H11FN2/c1-2-11-10(7-13-14-11)8-4-3-5-9(12)6-8/h3-7H,2H2,1H3,(H,13,14). The summed E-state index contributed by atoms with van der Waals surface area (Å²) in [5, 5.41) is 6.85. The van der Waals surface area contributed by atoms with Crippen molar-refractivity contribution in [3.8, 4) is 11.1 Å². The summed E-state index contributed by atoms with van der Waals surface area (Å²) in [5.74, 6) is -0.217. The van der Waals surface area contributed by atoms with Crippen LogP contribution in [0.3, 0.4) is 0 Å². The van der Waals surface area contributed by atoms with Gasteiger partial charge in [0.1, 0.15) is 5.82 Å². The van der Waals surface area contributed by atoms with E-state index in [1.807, 2.05) is 13.0 Å². The molecule has 2 rings (SSSR count). The molecule has 0 saturated heterocycles. The number of aromatic nitrogens is 2. The van der Waals surface area contributed by atoms with Crippen LogP contribution in [0.5, 0.6) is 0 Å². The van der Waals surface area contributed by atoms with Gasteiger partial charge in [-0.1, -0.05) is 19.1 Å². The zero-order valence-corrected chi connectivity index (χ0v) is 7.92. The Morgan fingerprint density at radius 1 is 1.43 bits per heavy atom. The predicted molar refractivity (Wildman–Crippen MR) is 53.4 cm³/mol. The molecule has 72 valence electrons. The third-order valence-electron chi connectivity index (χ3n) is 2.21. The number of halogens is 1. The second-order valence-electron chi connectivity index (χ2n) is 3.13. The maximum absolute atomic E-state index is 13.0. The average Bonchev–Trinajstić information content (AvgIpc) is 2.65. The van der Waals surface area contributed by atoms with Crippen molar-refractivity contribution < 1.29 is 4.39 Å². The van der Waals surface area contributed by atoms with Crippen LogP contribution in [-0.4, -0.2) is 10.2 Å². The molecule has 0 saturated carbocycles. The molecule has 1 heterocycles. The first-order valence-corrected chi connectivity index (χ1v) is 4.59. The van der Waals surface area contributed by atoms with Crippen LogP contribution >= 0.6 is 0 Å². The van der Waals surface area contributed by atoms with E-state index in [9.17, 15) is 4.39 Å². The Morgan fingerprint density at radius 2 is 2.29 bits per heavy atom. The van der Waals surface area contributed by atoms with Crippen LogP contribution < -0.4 is 0 Å². The van der Waals surface area contributed by atoms with E-state index in [0.29, 0.717) is 0 Å². The first-order chi connectivity index (χ1) is 6.81. The maximum atomic E-state index is 13.0. The molecule has 0 aliphatic rings. The number of aryl methyl sites for hydroxylation is 1. The van der Waals surface area contributed by atoms with Gasteiger partial charge in [-0.15, -0.1) is 0 Å². The molecule has 0 spiro atoms. The molecule has 2 aromatic rings. The van der Waals surface area contributed by atoms with Crippen molar-refractivity contribution in [3.63, 3.8) is 0 Å². The lowest BCUT2D eigenvalue weighted by Crippen LogP contribution is -1.85. The third-order valence-corrected chi connectivity index (χ3v) is 2.21. The molecule has 0 fully saturated rings. The van der Waals surface area contributed by atoms with Crippen LogP contribution in [0.2, 0.25) is 0 Å². The summed E-state index contributed by atoms with van der Waals surface area (Å²) in [6.45, 7) is 2.04. The molecular formula is C11H11FN2. The molecule has 1 N–H and O–H groups in total. The van der Waals surface area contributed by atoms with Crippen molar-refractivity contribution in [2.24, 2.45) is 0 Å². The summed E-state index contributed by atoms with van der Waals surface area (Å²) in [5.41, 5.74) is 2.89. The minimum absolute atomic E-state index is 0.217. The minimum Gasteiger partial charge on any atom is -0.282 e. The zero-order chi connectivity index (χ0) is 9.97. The van der Waals surface area contributed by atoms with Gasteiger partial charge in [-0.3, -0.25) is 5.10 Å². The highest BCUT2D eigenvalue weighted by molar-refractivity contribution is 5.65. The van der Waals surface area contributed by atoms with Gasteiger partial charge >= 0.3 is 0 Å². The van der Waals surface area contributed by atoms with Gasteiger partial charge < -0.3 is 0 Å². The molecule has 0 radical (unpaired) electrons. The maximum Gasteiger partial charge on any atom is 0.123 e. The largest absolute Gasteiger partial charge is 0.282 e. The fourth-order valence-electron chi connectivity index (χ4n) is 1.49. The number of H-pyrrole nitrogens is 1. The van der Waals surface area contributed by atoms with E-state index in [-0.39, 0.29) is 5.82 Å². The highest BCUT2D eigenvalue weighted by atomic mass is 19.1. The van der Waals surface area contributed by atoms with E-state index in [2.05, 4.69) is 10.2 Å². The Labute approximate surface area is 81.8 Å². The van der Waals surface area contributed by atoms with Gasteiger partial charge in [0.15, 0.2) is 0 Å². The second-order valence-corrected chi connectivity index (χ2v) is 3.13. The van der Waals surface area contributed by atoms with Gasteiger partial charge in [-0.2, -0.15) is 5.10 Å². The van der Waals surface area contributed by atoms with Gasteiger partial charge in [0, 0.05) is 11.3 Å². The van der Waals surface area contributed by atoms with E-state index >= 15 is 0 Å². The number of hydrogen-bond acceptors (Lipinski definition) is 1. The second kappa shape index (κ2) is 3.62. The molecule has 2 nitrogen and oxygen atoms in total. The van der Waals surface area contributed by atoms with Crippen molar-refractivity contribution in [2.45, 2.75) is 13.3 Å². The van der Waals surface area contributed by atoms with Crippen LogP contribution in [0.1, 0.15) is 12.6 Å². The number of aromatic amines is 1. The molecule has 0 amide bonds. The predicted octanol–water partition coefficient (Wildman–Crippen LogP) is 2.78. The summed E-state index contributed by atoms with van der Waals surface area (Å²) < 4.78 is 13.0. The third kappa shape index (κ3) is 1.53. The van der Waals surface area contributed by atoms with Crippen molar-refractivity contribution in [2.75, 3.05) is 0 Å². The molecule has 0 aliphatic heterocycles. The van der Waals surface area contributed by atoms with Crippen molar-refractivity contribution in [1.29, 1.82) is 0 Å². The monoisotopic (exact) mass is 190 g/mol. The Kier molecular flexibility index (Phi) is 2.31. The van der Waals surface area contributed by atoms with Crippen LogP contribution in [0.4, 0.5) is 4.39 Å². The van der Waals surface area contributed by atoms with Crippen molar-refractivity contribution >= 4 is 0 Å². The summed E-state index contributed by atoms with van der Waals surface area (Å²) >= 11 is 0. The fraction of sp³-hybridized carbons (Fsp3) is 0.182. The molecule has 0 atom stereocenters. The molecule has 1 aromatic heterocycles. The number of nitrogens with zero attached hydrogens (tertiary/aromatic N) is 1. The smallest absolute Gasteiger partial charge is 0.123 e. The molecule has 0 unspecified atom stereocenters. The quantitative estimate of drug-likeness (QED) is 0.775. The molecular weight excluding hydrogens is 179 g/mol. The SMILES string of the molecule is CCc1[nH]ncc1-c1cccc(F)c1. The van der Waals surface area contributed by atoms with Crippen LogP contribution in [0.15, 0.2) is 30.5 Å². The van der Waals surface area contributed by atoms with Gasteiger partial charge in [-0.05, 0) is 24.1 Å². The van der Waals surface area contributed by atoms with E-state index in [1.54, 1.807) is 12.3 Å².